The Bertz CT molecular complexity index is 1110. The van der Waals surface area contributed by atoms with Crippen molar-refractivity contribution in [2.24, 2.45) is 0 Å². The topological polar surface area (TPSA) is 83.5 Å². The average Bonchev–Trinajstić information content (AvgIpc) is 2.64. The molecule has 0 bridgehead atoms. The highest BCUT2D eigenvalue weighted by molar-refractivity contribution is 7.92. The lowest BCUT2D eigenvalue weighted by Crippen LogP contribution is -2.16. The van der Waals surface area contributed by atoms with E-state index in [2.05, 4.69) is 4.72 Å². The van der Waals surface area contributed by atoms with Crippen LogP contribution in [0, 0.1) is 13.8 Å². The van der Waals surface area contributed by atoms with Gasteiger partial charge in [-0.15, -0.1) is 0 Å². The molecule has 138 valence electrons. The van der Waals surface area contributed by atoms with E-state index in [1.165, 1.54) is 12.1 Å². The van der Waals surface area contributed by atoms with E-state index in [4.69, 9.17) is 0 Å². The number of hydrogen-bond acceptors (Lipinski definition) is 3. The summed E-state index contributed by atoms with van der Waals surface area (Å²) >= 11 is 0. The largest absolute Gasteiger partial charge is 0.478 e. The fraction of sp³-hybridized carbons (Fsp3) is 0.0952. The van der Waals surface area contributed by atoms with Crippen LogP contribution in [-0.2, 0) is 10.0 Å². The first-order valence-corrected chi connectivity index (χ1v) is 9.80. The molecule has 6 heteroatoms. The van der Waals surface area contributed by atoms with E-state index in [0.29, 0.717) is 16.8 Å². The Morgan fingerprint density at radius 2 is 1.56 bits per heavy atom. The molecule has 5 nitrogen and oxygen atoms in total. The Morgan fingerprint density at radius 1 is 0.926 bits per heavy atom. The van der Waals surface area contributed by atoms with Crippen LogP contribution in [0.3, 0.4) is 0 Å². The van der Waals surface area contributed by atoms with Gasteiger partial charge >= 0.3 is 5.97 Å². The number of benzene rings is 3. The molecule has 0 atom stereocenters. The van der Waals surface area contributed by atoms with E-state index in [9.17, 15) is 18.3 Å². The number of carboxylic acids is 1. The van der Waals surface area contributed by atoms with Crippen LogP contribution in [0.25, 0.3) is 11.1 Å². The van der Waals surface area contributed by atoms with E-state index in [1.54, 1.807) is 26.0 Å². The van der Waals surface area contributed by atoms with E-state index >= 15 is 0 Å². The number of para-hydroxylation sites is 1. The van der Waals surface area contributed by atoms with Crippen LogP contribution in [0.15, 0.2) is 71.6 Å². The average molecular weight is 381 g/mol. The predicted molar refractivity (Wildman–Crippen MR) is 106 cm³/mol. The van der Waals surface area contributed by atoms with Gasteiger partial charge in [0.1, 0.15) is 0 Å². The van der Waals surface area contributed by atoms with Crippen LogP contribution in [0.4, 0.5) is 5.69 Å². The molecule has 0 spiro atoms. The molecule has 27 heavy (non-hydrogen) atoms. The molecule has 0 saturated heterocycles. The molecule has 0 aliphatic heterocycles. The standard InChI is InChI=1S/C21H19NO4S/c1-14-12-17(21(23)24)13-20(15(14)2)27(25,26)22-19-11-7-6-10-18(19)16-8-4-3-5-9-16/h3-13,22H,1-2H3,(H,23,24). The maximum atomic E-state index is 13.0. The van der Waals surface area contributed by atoms with Gasteiger partial charge in [0.05, 0.1) is 16.1 Å². The fourth-order valence-electron chi connectivity index (χ4n) is 2.87. The first-order valence-electron chi connectivity index (χ1n) is 8.31. The highest BCUT2D eigenvalue weighted by atomic mass is 32.2. The summed E-state index contributed by atoms with van der Waals surface area (Å²) in [6.45, 7) is 3.36. The third kappa shape index (κ3) is 3.85. The van der Waals surface area contributed by atoms with Crippen molar-refractivity contribution in [2.45, 2.75) is 18.7 Å². The number of rotatable bonds is 5. The molecule has 0 unspecified atom stereocenters. The SMILES string of the molecule is Cc1cc(C(=O)O)cc(S(=O)(=O)Nc2ccccc2-c2ccccc2)c1C. The summed E-state index contributed by atoms with van der Waals surface area (Å²) in [5, 5.41) is 9.26. The lowest BCUT2D eigenvalue weighted by Gasteiger charge is -2.15. The minimum atomic E-state index is -3.97. The summed E-state index contributed by atoms with van der Waals surface area (Å²) in [5.41, 5.74) is 3.11. The molecule has 0 aliphatic carbocycles. The first kappa shape index (κ1) is 18.7. The van der Waals surface area contributed by atoms with Crippen molar-refractivity contribution in [3.8, 4) is 11.1 Å². The molecule has 0 saturated carbocycles. The summed E-state index contributed by atoms with van der Waals surface area (Å²) in [6.07, 6.45) is 0. The van der Waals surface area contributed by atoms with Gasteiger partial charge in [-0.1, -0.05) is 48.5 Å². The first-order chi connectivity index (χ1) is 12.8. The van der Waals surface area contributed by atoms with Gasteiger partial charge in [0, 0.05) is 5.56 Å². The maximum Gasteiger partial charge on any atom is 0.335 e. The number of aromatic carboxylic acids is 1. The highest BCUT2D eigenvalue weighted by Gasteiger charge is 2.22. The molecular formula is C21H19NO4S. The normalized spacial score (nSPS) is 11.2. The minimum absolute atomic E-state index is 0.0391. The molecule has 3 aromatic carbocycles. The van der Waals surface area contributed by atoms with Gasteiger partial charge in [-0.25, -0.2) is 13.2 Å². The van der Waals surface area contributed by atoms with Gasteiger partial charge in [-0.2, -0.15) is 0 Å². The zero-order chi connectivity index (χ0) is 19.6. The molecule has 3 rings (SSSR count). The Labute approximate surface area is 158 Å². The minimum Gasteiger partial charge on any atom is -0.478 e. The number of aryl methyl sites for hydroxylation is 1. The van der Waals surface area contributed by atoms with Gasteiger partial charge in [-0.05, 0) is 48.7 Å². The van der Waals surface area contributed by atoms with Crippen molar-refractivity contribution in [3.05, 3.63) is 83.4 Å². The van der Waals surface area contributed by atoms with Crippen molar-refractivity contribution in [3.63, 3.8) is 0 Å². The van der Waals surface area contributed by atoms with Crippen molar-refractivity contribution >= 4 is 21.7 Å². The van der Waals surface area contributed by atoms with Gasteiger partial charge in [0.15, 0.2) is 0 Å². The van der Waals surface area contributed by atoms with E-state index in [1.807, 2.05) is 42.5 Å². The number of anilines is 1. The zero-order valence-electron chi connectivity index (χ0n) is 14.9. The number of nitrogens with one attached hydrogen (secondary N) is 1. The van der Waals surface area contributed by atoms with Crippen LogP contribution >= 0.6 is 0 Å². The van der Waals surface area contributed by atoms with E-state index < -0.39 is 16.0 Å². The number of hydrogen-bond donors (Lipinski definition) is 2. The van der Waals surface area contributed by atoms with Crippen molar-refractivity contribution in [1.82, 2.24) is 0 Å². The summed E-state index contributed by atoms with van der Waals surface area (Å²) in [7, 11) is -3.97. The molecule has 0 radical (unpaired) electrons. The second-order valence-corrected chi connectivity index (χ2v) is 7.89. The summed E-state index contributed by atoms with van der Waals surface area (Å²) in [6, 6.07) is 19.2. The lowest BCUT2D eigenvalue weighted by molar-refractivity contribution is 0.0696. The van der Waals surface area contributed by atoms with Crippen LogP contribution in [-0.4, -0.2) is 19.5 Å². The molecule has 2 N–H and O–H groups in total. The van der Waals surface area contributed by atoms with E-state index in [-0.39, 0.29) is 10.5 Å². The lowest BCUT2D eigenvalue weighted by atomic mass is 10.0. The Hall–Kier alpha value is -3.12. The van der Waals surface area contributed by atoms with Crippen LogP contribution in [0.5, 0.6) is 0 Å². The third-order valence-electron chi connectivity index (χ3n) is 4.41. The van der Waals surface area contributed by atoms with Gasteiger partial charge in [0.2, 0.25) is 0 Å². The van der Waals surface area contributed by atoms with Crippen molar-refractivity contribution in [2.75, 3.05) is 4.72 Å². The number of sulfonamides is 1. The maximum absolute atomic E-state index is 13.0. The van der Waals surface area contributed by atoms with Crippen molar-refractivity contribution in [1.29, 1.82) is 0 Å². The van der Waals surface area contributed by atoms with Crippen LogP contribution < -0.4 is 4.72 Å². The molecule has 0 aromatic heterocycles. The second kappa shape index (κ2) is 7.25. The summed E-state index contributed by atoms with van der Waals surface area (Å²) < 4.78 is 28.7. The summed E-state index contributed by atoms with van der Waals surface area (Å²) in [4.78, 5) is 11.3. The summed E-state index contributed by atoms with van der Waals surface area (Å²) in [5.74, 6) is -1.17. The quantitative estimate of drug-likeness (QED) is 0.683. The monoisotopic (exact) mass is 381 g/mol. The molecule has 3 aromatic rings. The molecule has 0 heterocycles. The Kier molecular flexibility index (Phi) is 5.01. The Balaban J connectivity index is 2.09. The van der Waals surface area contributed by atoms with Gasteiger partial charge in [-0.3, -0.25) is 4.72 Å². The molecule has 0 amide bonds. The third-order valence-corrected chi connectivity index (χ3v) is 5.90. The van der Waals surface area contributed by atoms with E-state index in [0.717, 1.165) is 11.1 Å². The van der Waals surface area contributed by atoms with Crippen LogP contribution in [0.2, 0.25) is 0 Å². The second-order valence-electron chi connectivity index (χ2n) is 6.24. The van der Waals surface area contributed by atoms with Crippen molar-refractivity contribution < 1.29 is 18.3 Å². The number of carboxylic acid groups (broad SMARTS) is 1. The highest BCUT2D eigenvalue weighted by Crippen LogP contribution is 2.30. The molecule has 0 fully saturated rings. The molecular weight excluding hydrogens is 362 g/mol. The fourth-order valence-corrected chi connectivity index (χ4v) is 4.29. The smallest absolute Gasteiger partial charge is 0.335 e. The number of carbonyl (C=O) groups is 1. The Morgan fingerprint density at radius 3 is 2.22 bits per heavy atom. The van der Waals surface area contributed by atoms with Gasteiger partial charge in [0.25, 0.3) is 10.0 Å². The zero-order valence-corrected chi connectivity index (χ0v) is 15.7. The van der Waals surface area contributed by atoms with Gasteiger partial charge < -0.3 is 5.11 Å². The van der Waals surface area contributed by atoms with Crippen LogP contribution in [0.1, 0.15) is 21.5 Å². The predicted octanol–water partition coefficient (Wildman–Crippen LogP) is 4.47. The molecule has 0 aliphatic rings.